The summed E-state index contributed by atoms with van der Waals surface area (Å²) in [6.07, 6.45) is -0.920. The van der Waals surface area contributed by atoms with E-state index >= 15 is 0 Å². The van der Waals surface area contributed by atoms with Crippen molar-refractivity contribution in [1.82, 2.24) is 0 Å². The van der Waals surface area contributed by atoms with Gasteiger partial charge in [-0.25, -0.2) is 0 Å². The van der Waals surface area contributed by atoms with E-state index in [1.54, 1.807) is 5.01 Å². The molecule has 5 heteroatoms. The van der Waals surface area contributed by atoms with Crippen LogP contribution in [0.4, 0.5) is 18.9 Å². The molecule has 0 N–H and O–H groups in total. The average molecular weight is 254 g/mol. The molecule has 0 saturated heterocycles. The van der Waals surface area contributed by atoms with E-state index in [9.17, 15) is 13.2 Å². The molecule has 0 radical (unpaired) electrons. The van der Waals surface area contributed by atoms with E-state index < -0.39 is 11.7 Å². The van der Waals surface area contributed by atoms with E-state index in [4.69, 9.17) is 0 Å². The molecule has 96 valence electrons. The summed E-state index contributed by atoms with van der Waals surface area (Å²) in [5.41, 5.74) is 1.32. The predicted molar refractivity (Wildman–Crippen MR) is 63.6 cm³/mol. The second-order valence-corrected chi connectivity index (χ2v) is 4.78. The van der Waals surface area contributed by atoms with E-state index in [0.29, 0.717) is 5.92 Å². The summed E-state index contributed by atoms with van der Waals surface area (Å²) in [4.78, 5) is 0. The minimum absolute atomic E-state index is 0.614. The smallest absolute Gasteiger partial charge is 0.265 e. The minimum Gasteiger partial charge on any atom is -0.265 e. The van der Waals surface area contributed by atoms with Gasteiger partial charge in [-0.15, -0.1) is 0 Å². The summed E-state index contributed by atoms with van der Waals surface area (Å²) in [5.74, 6) is 0.629. The number of hydrazone groups is 1. The van der Waals surface area contributed by atoms with Gasteiger partial charge in [-0.3, -0.25) is 5.01 Å². The Morgan fingerprint density at radius 3 is 2.33 bits per heavy atom. The summed E-state index contributed by atoms with van der Waals surface area (Å²) in [7, 11) is 0. The van der Waals surface area contributed by atoms with E-state index in [1.807, 2.05) is 0 Å². The highest BCUT2D eigenvalue weighted by Gasteiger charge is 2.32. The third-order valence-electron chi connectivity index (χ3n) is 3.37. The van der Waals surface area contributed by atoms with Gasteiger partial charge in [0.2, 0.25) is 0 Å². The van der Waals surface area contributed by atoms with Crippen molar-refractivity contribution < 1.29 is 13.2 Å². The van der Waals surface area contributed by atoms with E-state index in [0.717, 1.165) is 30.8 Å². The van der Waals surface area contributed by atoms with Crippen LogP contribution in [0.1, 0.15) is 24.8 Å². The lowest BCUT2D eigenvalue weighted by Gasteiger charge is -2.14. The number of alkyl halides is 3. The Morgan fingerprint density at radius 2 is 1.78 bits per heavy atom. The van der Waals surface area contributed by atoms with Gasteiger partial charge in [-0.1, -0.05) is 0 Å². The molecule has 1 aliphatic heterocycles. The average Bonchev–Trinajstić information content (AvgIpc) is 3.06. The highest BCUT2D eigenvalue weighted by molar-refractivity contribution is 5.91. The molecule has 0 spiro atoms. The Balaban J connectivity index is 1.77. The first-order chi connectivity index (χ1) is 8.54. The van der Waals surface area contributed by atoms with Crippen molar-refractivity contribution in [2.75, 3.05) is 11.6 Å². The zero-order valence-corrected chi connectivity index (χ0v) is 9.74. The molecule has 1 fully saturated rings. The number of anilines is 1. The molecule has 2 nitrogen and oxygen atoms in total. The van der Waals surface area contributed by atoms with Gasteiger partial charge < -0.3 is 0 Å². The highest BCUT2D eigenvalue weighted by atomic mass is 19.4. The maximum Gasteiger partial charge on any atom is 0.416 e. The van der Waals surface area contributed by atoms with Gasteiger partial charge >= 0.3 is 6.18 Å². The Morgan fingerprint density at radius 1 is 1.11 bits per heavy atom. The fourth-order valence-electron chi connectivity index (χ4n) is 2.19. The molecular formula is C13H13F3N2. The van der Waals surface area contributed by atoms with Crippen LogP contribution in [0.5, 0.6) is 0 Å². The second-order valence-electron chi connectivity index (χ2n) is 4.78. The van der Waals surface area contributed by atoms with Crippen LogP contribution in [0.3, 0.4) is 0 Å². The largest absolute Gasteiger partial charge is 0.416 e. The predicted octanol–water partition coefficient (Wildman–Crippen LogP) is 3.68. The molecule has 1 aromatic carbocycles. The standard InChI is InChI=1S/C13H13F3N2/c14-13(15,16)10-3-5-11(6-4-10)18-8-7-12(17-18)9-1-2-9/h3-6,9H,1-2,7-8H2. The van der Waals surface area contributed by atoms with Crippen molar-refractivity contribution in [2.45, 2.75) is 25.4 Å². The number of hydrogen-bond acceptors (Lipinski definition) is 2. The van der Waals surface area contributed by atoms with Crippen LogP contribution in [-0.2, 0) is 6.18 Å². The van der Waals surface area contributed by atoms with E-state index in [1.165, 1.54) is 30.7 Å². The zero-order chi connectivity index (χ0) is 12.8. The molecule has 1 heterocycles. The van der Waals surface area contributed by atoms with Gasteiger partial charge in [0.05, 0.1) is 11.3 Å². The highest BCUT2D eigenvalue weighted by Crippen LogP contribution is 2.35. The van der Waals surface area contributed by atoms with Gasteiger partial charge in [0.15, 0.2) is 0 Å². The third kappa shape index (κ3) is 2.21. The monoisotopic (exact) mass is 254 g/mol. The molecule has 0 bridgehead atoms. The van der Waals surface area contributed by atoms with Crippen molar-refractivity contribution in [3.63, 3.8) is 0 Å². The molecule has 1 saturated carbocycles. The van der Waals surface area contributed by atoms with Crippen LogP contribution in [0.25, 0.3) is 0 Å². The number of rotatable bonds is 2. The van der Waals surface area contributed by atoms with Crippen molar-refractivity contribution in [2.24, 2.45) is 11.0 Å². The van der Waals surface area contributed by atoms with Crippen molar-refractivity contribution in [1.29, 1.82) is 0 Å². The molecule has 0 amide bonds. The van der Waals surface area contributed by atoms with Crippen LogP contribution in [-0.4, -0.2) is 12.3 Å². The van der Waals surface area contributed by atoms with Gasteiger partial charge in [0.25, 0.3) is 0 Å². The first-order valence-electron chi connectivity index (χ1n) is 6.06. The van der Waals surface area contributed by atoms with Crippen molar-refractivity contribution in [3.8, 4) is 0 Å². The summed E-state index contributed by atoms with van der Waals surface area (Å²) >= 11 is 0. The number of nitrogens with zero attached hydrogens (tertiary/aromatic N) is 2. The number of benzene rings is 1. The summed E-state index contributed by atoms with van der Waals surface area (Å²) in [6, 6.07) is 5.20. The van der Waals surface area contributed by atoms with Gasteiger partial charge in [0, 0.05) is 18.7 Å². The Kier molecular flexibility index (Phi) is 2.57. The third-order valence-corrected chi connectivity index (χ3v) is 3.37. The van der Waals surface area contributed by atoms with Crippen LogP contribution in [0, 0.1) is 5.92 Å². The lowest BCUT2D eigenvalue weighted by atomic mass is 10.2. The van der Waals surface area contributed by atoms with Crippen LogP contribution in [0.2, 0.25) is 0 Å². The zero-order valence-electron chi connectivity index (χ0n) is 9.74. The fraction of sp³-hybridized carbons (Fsp3) is 0.462. The Hall–Kier alpha value is -1.52. The van der Waals surface area contributed by atoms with Crippen molar-refractivity contribution in [3.05, 3.63) is 29.8 Å². The molecule has 0 atom stereocenters. The normalized spacial score (nSPS) is 20.2. The summed E-state index contributed by atoms with van der Waals surface area (Å²) in [6.45, 7) is 0.775. The minimum atomic E-state index is -4.27. The molecule has 1 aliphatic carbocycles. The molecule has 3 rings (SSSR count). The second kappa shape index (κ2) is 4.00. The summed E-state index contributed by atoms with van der Waals surface area (Å²) in [5, 5.41) is 6.28. The SMILES string of the molecule is FC(F)(F)c1ccc(N2CCC(C3CC3)=N2)cc1. The van der Waals surface area contributed by atoms with Crippen LogP contribution < -0.4 is 5.01 Å². The van der Waals surface area contributed by atoms with Gasteiger partial charge in [0.1, 0.15) is 0 Å². The van der Waals surface area contributed by atoms with E-state index in [2.05, 4.69) is 5.10 Å². The summed E-state index contributed by atoms with van der Waals surface area (Å²) < 4.78 is 37.3. The molecule has 1 aromatic rings. The fourth-order valence-corrected chi connectivity index (χ4v) is 2.19. The van der Waals surface area contributed by atoms with Gasteiger partial charge in [-0.2, -0.15) is 18.3 Å². The first kappa shape index (κ1) is 11.6. The lowest BCUT2D eigenvalue weighted by Crippen LogP contribution is -2.12. The molecule has 0 aromatic heterocycles. The van der Waals surface area contributed by atoms with Crippen LogP contribution >= 0.6 is 0 Å². The van der Waals surface area contributed by atoms with Crippen LogP contribution in [0.15, 0.2) is 29.4 Å². The maximum atomic E-state index is 12.4. The topological polar surface area (TPSA) is 15.6 Å². The molecular weight excluding hydrogens is 241 g/mol. The Bertz CT molecular complexity index is 472. The lowest BCUT2D eigenvalue weighted by molar-refractivity contribution is -0.137. The van der Waals surface area contributed by atoms with E-state index in [-0.39, 0.29) is 0 Å². The number of halogens is 3. The molecule has 18 heavy (non-hydrogen) atoms. The maximum absolute atomic E-state index is 12.4. The van der Waals surface area contributed by atoms with Gasteiger partial charge in [-0.05, 0) is 43.0 Å². The molecule has 0 unspecified atom stereocenters. The quantitative estimate of drug-likeness (QED) is 0.786. The Labute approximate surface area is 103 Å². The van der Waals surface area contributed by atoms with Crippen molar-refractivity contribution >= 4 is 11.4 Å². The first-order valence-corrected chi connectivity index (χ1v) is 6.06. The number of hydrogen-bond donors (Lipinski definition) is 0. The molecule has 2 aliphatic rings.